The predicted molar refractivity (Wildman–Crippen MR) is 112 cm³/mol. The average Bonchev–Trinajstić information content (AvgIpc) is 3.05. The molecule has 2 fully saturated rings. The second kappa shape index (κ2) is 8.72. The number of carbonyl (C=O) groups excluding carboxylic acids is 1. The van der Waals surface area contributed by atoms with E-state index in [9.17, 15) is 18.3 Å². The monoisotopic (exact) mass is 438 g/mol. The Kier molecular flexibility index (Phi) is 6.22. The quantitative estimate of drug-likeness (QED) is 0.625. The molecule has 3 N–H and O–H groups in total. The van der Waals surface area contributed by atoms with Crippen LogP contribution in [0.3, 0.4) is 0 Å². The molecule has 8 nitrogen and oxygen atoms in total. The first-order valence-electron chi connectivity index (χ1n) is 10.7. The number of hydrogen-bond donors (Lipinski definition) is 3. The zero-order valence-electron chi connectivity index (χ0n) is 17.2. The number of nitrogens with one attached hydrogen (secondary N) is 2. The smallest absolute Gasteiger partial charge is 0.229 e. The van der Waals surface area contributed by atoms with Crippen molar-refractivity contribution in [3.8, 4) is 5.75 Å². The number of benzene rings is 1. The van der Waals surface area contributed by atoms with Gasteiger partial charge < -0.3 is 19.9 Å². The SMILES string of the molecule is CS(=O)(=O)Nc1ccc2c(c1)[C@H]1C[C@@H](CC(=O)NC3CCCCC3)O[C@H](CO)[C@H]1O2. The fourth-order valence-corrected chi connectivity index (χ4v) is 5.46. The van der Waals surface area contributed by atoms with Crippen LogP contribution in [0.5, 0.6) is 5.75 Å². The third-order valence-corrected chi connectivity index (χ3v) is 6.79. The first-order valence-corrected chi connectivity index (χ1v) is 12.6. The Hall–Kier alpha value is -1.84. The lowest BCUT2D eigenvalue weighted by atomic mass is 9.84. The molecule has 0 spiro atoms. The lowest BCUT2D eigenvalue weighted by Gasteiger charge is -2.37. The van der Waals surface area contributed by atoms with Gasteiger partial charge in [-0.3, -0.25) is 9.52 Å². The summed E-state index contributed by atoms with van der Waals surface area (Å²) in [5.41, 5.74) is 1.35. The molecule has 4 atom stereocenters. The van der Waals surface area contributed by atoms with E-state index < -0.39 is 16.1 Å². The number of anilines is 1. The Bertz CT molecular complexity index is 883. The van der Waals surface area contributed by atoms with Crippen molar-refractivity contribution in [2.24, 2.45) is 0 Å². The minimum atomic E-state index is -3.39. The Balaban J connectivity index is 1.46. The summed E-state index contributed by atoms with van der Waals surface area (Å²) >= 11 is 0. The van der Waals surface area contributed by atoms with E-state index in [1.54, 1.807) is 18.2 Å². The van der Waals surface area contributed by atoms with Gasteiger partial charge in [0.2, 0.25) is 15.9 Å². The standard InChI is InChI=1S/C21H30N2O6S/c1-30(26,27)23-14-7-8-18-16(9-14)17-10-15(28-19(12-24)21(17)29-18)11-20(25)22-13-5-3-2-4-6-13/h7-9,13,15,17,19,21,23-24H,2-6,10-12H2,1H3,(H,22,25)/t15-,17+,19+,21-/m0/s1. The van der Waals surface area contributed by atoms with Gasteiger partial charge in [-0.2, -0.15) is 0 Å². The molecule has 0 radical (unpaired) electrons. The van der Waals surface area contributed by atoms with Crippen LogP contribution < -0.4 is 14.8 Å². The van der Waals surface area contributed by atoms with Gasteiger partial charge >= 0.3 is 0 Å². The molecule has 4 rings (SSSR count). The van der Waals surface area contributed by atoms with Crippen molar-refractivity contribution in [1.82, 2.24) is 5.32 Å². The van der Waals surface area contributed by atoms with Gasteiger partial charge in [-0.15, -0.1) is 0 Å². The van der Waals surface area contributed by atoms with Gasteiger partial charge in [0.15, 0.2) is 0 Å². The maximum absolute atomic E-state index is 12.6. The number of fused-ring (bicyclic) bond motifs is 3. The van der Waals surface area contributed by atoms with Crippen LogP contribution in [0.15, 0.2) is 18.2 Å². The zero-order valence-corrected chi connectivity index (χ0v) is 18.0. The molecule has 1 aliphatic carbocycles. The number of ether oxygens (including phenoxy) is 2. The molecule has 166 valence electrons. The summed E-state index contributed by atoms with van der Waals surface area (Å²) in [4.78, 5) is 12.6. The number of carbonyl (C=O) groups is 1. The Morgan fingerprint density at radius 2 is 2.00 bits per heavy atom. The van der Waals surface area contributed by atoms with Gasteiger partial charge in [0.1, 0.15) is 18.0 Å². The first-order chi connectivity index (χ1) is 14.3. The highest BCUT2D eigenvalue weighted by molar-refractivity contribution is 7.92. The molecule has 1 amide bonds. The molecule has 1 aromatic rings. The third-order valence-electron chi connectivity index (χ3n) is 6.19. The maximum atomic E-state index is 12.6. The van der Waals surface area contributed by atoms with E-state index in [0.717, 1.165) is 37.5 Å². The van der Waals surface area contributed by atoms with E-state index in [-0.39, 0.29) is 43.1 Å². The Morgan fingerprint density at radius 3 is 2.70 bits per heavy atom. The van der Waals surface area contributed by atoms with E-state index >= 15 is 0 Å². The van der Waals surface area contributed by atoms with Crippen LogP contribution in [0.2, 0.25) is 0 Å². The predicted octanol–water partition coefficient (Wildman–Crippen LogP) is 1.89. The van der Waals surface area contributed by atoms with Crippen LogP contribution >= 0.6 is 0 Å². The first kappa shape index (κ1) is 21.4. The minimum absolute atomic E-state index is 0.0197. The van der Waals surface area contributed by atoms with Crippen molar-refractivity contribution in [2.45, 2.75) is 75.2 Å². The van der Waals surface area contributed by atoms with E-state index in [0.29, 0.717) is 17.9 Å². The lowest BCUT2D eigenvalue weighted by molar-refractivity contribution is -0.142. The van der Waals surface area contributed by atoms with E-state index in [4.69, 9.17) is 9.47 Å². The molecule has 2 aliphatic heterocycles. The van der Waals surface area contributed by atoms with E-state index in [1.807, 2.05) is 0 Å². The fraction of sp³-hybridized carbons (Fsp3) is 0.667. The fourth-order valence-electron chi connectivity index (χ4n) is 4.91. The number of sulfonamides is 1. The van der Waals surface area contributed by atoms with Crippen molar-refractivity contribution in [3.63, 3.8) is 0 Å². The summed E-state index contributed by atoms with van der Waals surface area (Å²) in [5, 5.41) is 13.0. The molecular weight excluding hydrogens is 408 g/mol. The third kappa shape index (κ3) is 4.90. The highest BCUT2D eigenvalue weighted by atomic mass is 32.2. The lowest BCUT2D eigenvalue weighted by Crippen LogP contribution is -2.48. The molecule has 9 heteroatoms. The normalized spacial score (nSPS) is 28.9. The summed E-state index contributed by atoms with van der Waals surface area (Å²) in [6, 6.07) is 5.41. The van der Waals surface area contributed by atoms with Crippen molar-refractivity contribution in [2.75, 3.05) is 17.6 Å². The number of hydrogen-bond acceptors (Lipinski definition) is 6. The summed E-state index contributed by atoms with van der Waals surface area (Å²) in [6.07, 6.45) is 6.31. The topological polar surface area (TPSA) is 114 Å². The van der Waals surface area contributed by atoms with Crippen molar-refractivity contribution < 1.29 is 27.8 Å². The summed E-state index contributed by atoms with van der Waals surface area (Å²) in [6.45, 7) is -0.204. The summed E-state index contributed by atoms with van der Waals surface area (Å²) in [5.74, 6) is 0.576. The molecule has 1 saturated heterocycles. The van der Waals surface area contributed by atoms with Gasteiger partial charge in [-0.25, -0.2) is 8.42 Å². The molecule has 30 heavy (non-hydrogen) atoms. The summed E-state index contributed by atoms with van der Waals surface area (Å²) < 4.78 is 37.7. The van der Waals surface area contributed by atoms with Crippen LogP contribution in [-0.2, 0) is 19.6 Å². The van der Waals surface area contributed by atoms with E-state index in [2.05, 4.69) is 10.0 Å². The van der Waals surface area contributed by atoms with Crippen LogP contribution in [0.1, 0.15) is 56.4 Å². The Morgan fingerprint density at radius 1 is 1.23 bits per heavy atom. The van der Waals surface area contributed by atoms with Crippen LogP contribution in [-0.4, -0.2) is 56.6 Å². The van der Waals surface area contributed by atoms with Gasteiger partial charge in [0.05, 0.1) is 25.4 Å². The van der Waals surface area contributed by atoms with Crippen LogP contribution in [0.25, 0.3) is 0 Å². The molecule has 0 aromatic heterocycles. The zero-order chi connectivity index (χ0) is 21.3. The van der Waals surface area contributed by atoms with Gasteiger partial charge in [0, 0.05) is 23.2 Å². The number of aliphatic hydroxyl groups is 1. The number of amides is 1. The second-order valence-corrected chi connectivity index (χ2v) is 10.4. The van der Waals surface area contributed by atoms with Gasteiger partial charge in [-0.05, 0) is 37.5 Å². The minimum Gasteiger partial charge on any atom is -0.487 e. The largest absolute Gasteiger partial charge is 0.487 e. The second-order valence-electron chi connectivity index (χ2n) is 8.64. The Labute approximate surface area is 177 Å². The highest BCUT2D eigenvalue weighted by Crippen LogP contribution is 2.47. The van der Waals surface area contributed by atoms with Crippen LogP contribution in [0, 0.1) is 0 Å². The van der Waals surface area contributed by atoms with Crippen molar-refractivity contribution in [3.05, 3.63) is 23.8 Å². The molecule has 1 aromatic carbocycles. The van der Waals surface area contributed by atoms with E-state index in [1.165, 1.54) is 6.42 Å². The number of rotatable bonds is 6. The molecule has 1 saturated carbocycles. The average molecular weight is 439 g/mol. The molecule has 3 aliphatic rings. The molecule has 0 unspecified atom stereocenters. The molecular formula is C21H30N2O6S. The molecule has 2 heterocycles. The maximum Gasteiger partial charge on any atom is 0.229 e. The highest BCUT2D eigenvalue weighted by Gasteiger charge is 2.46. The van der Waals surface area contributed by atoms with Crippen molar-refractivity contribution >= 4 is 21.6 Å². The van der Waals surface area contributed by atoms with Crippen LogP contribution in [0.4, 0.5) is 5.69 Å². The van der Waals surface area contributed by atoms with Gasteiger partial charge in [-0.1, -0.05) is 19.3 Å². The van der Waals surface area contributed by atoms with Gasteiger partial charge in [0.25, 0.3) is 0 Å². The molecule has 0 bridgehead atoms. The summed E-state index contributed by atoms with van der Waals surface area (Å²) in [7, 11) is -3.39. The number of aliphatic hydroxyl groups excluding tert-OH is 1. The van der Waals surface area contributed by atoms with Crippen molar-refractivity contribution in [1.29, 1.82) is 0 Å².